The predicted molar refractivity (Wildman–Crippen MR) is 91.7 cm³/mol. The second-order valence-electron chi connectivity index (χ2n) is 5.35. The molecule has 5 heteroatoms. The summed E-state index contributed by atoms with van der Waals surface area (Å²) in [7, 11) is 3.38. The van der Waals surface area contributed by atoms with E-state index < -0.39 is 0 Å². The van der Waals surface area contributed by atoms with Crippen molar-refractivity contribution >= 4 is 31.9 Å². The number of hydrogen-bond donors (Lipinski definition) is 0. The van der Waals surface area contributed by atoms with Gasteiger partial charge in [0, 0.05) is 17.0 Å². The minimum atomic E-state index is 0.266. The van der Waals surface area contributed by atoms with Crippen LogP contribution in [0.15, 0.2) is 16.6 Å². The lowest BCUT2D eigenvalue weighted by Gasteiger charge is -2.36. The molecule has 0 aromatic heterocycles. The van der Waals surface area contributed by atoms with Crippen LogP contribution >= 0.6 is 31.9 Å². The maximum Gasteiger partial charge on any atom is 0.133 e. The van der Waals surface area contributed by atoms with Gasteiger partial charge in [-0.25, -0.2) is 0 Å². The number of alkyl halides is 1. The number of benzene rings is 1. The average molecular weight is 422 g/mol. The van der Waals surface area contributed by atoms with Crippen LogP contribution in [0, 0.1) is 5.92 Å². The second-order valence-corrected chi connectivity index (χ2v) is 7.31. The second kappa shape index (κ2) is 7.84. The Morgan fingerprint density at radius 1 is 1.19 bits per heavy atom. The Morgan fingerprint density at radius 3 is 2.43 bits per heavy atom. The first-order valence-corrected chi connectivity index (χ1v) is 8.96. The maximum atomic E-state index is 5.63. The Labute approximate surface area is 143 Å². The molecule has 0 bridgehead atoms. The highest BCUT2D eigenvalue weighted by Gasteiger charge is 2.32. The topological polar surface area (TPSA) is 27.7 Å². The first-order valence-electron chi connectivity index (χ1n) is 7.26. The summed E-state index contributed by atoms with van der Waals surface area (Å²) in [5.74, 6) is 2.42. The van der Waals surface area contributed by atoms with Gasteiger partial charge in [0.15, 0.2) is 0 Å². The van der Waals surface area contributed by atoms with Crippen molar-refractivity contribution in [2.75, 3.05) is 20.8 Å². The predicted octanol–water partition coefficient (Wildman–Crippen LogP) is 5.11. The van der Waals surface area contributed by atoms with Gasteiger partial charge in [-0.15, -0.1) is 0 Å². The molecule has 1 aliphatic carbocycles. The van der Waals surface area contributed by atoms with E-state index in [0.717, 1.165) is 47.4 Å². The van der Waals surface area contributed by atoms with Crippen LogP contribution in [-0.4, -0.2) is 26.9 Å². The Kier molecular flexibility index (Phi) is 6.38. The van der Waals surface area contributed by atoms with Crippen molar-refractivity contribution in [2.45, 2.75) is 37.1 Å². The quantitative estimate of drug-likeness (QED) is 0.572. The van der Waals surface area contributed by atoms with Crippen LogP contribution in [-0.2, 0) is 4.74 Å². The summed E-state index contributed by atoms with van der Waals surface area (Å²) in [5.41, 5.74) is 1.14. The fourth-order valence-corrected chi connectivity index (χ4v) is 4.16. The van der Waals surface area contributed by atoms with Crippen LogP contribution in [0.5, 0.6) is 11.5 Å². The third-order valence-electron chi connectivity index (χ3n) is 3.98. The van der Waals surface area contributed by atoms with E-state index in [1.807, 2.05) is 12.1 Å². The highest BCUT2D eigenvalue weighted by Crippen LogP contribution is 2.45. The first-order chi connectivity index (χ1) is 10.1. The molecule has 118 valence electrons. The summed E-state index contributed by atoms with van der Waals surface area (Å²) in [6.07, 6.45) is 3.86. The van der Waals surface area contributed by atoms with Gasteiger partial charge < -0.3 is 14.2 Å². The summed E-state index contributed by atoms with van der Waals surface area (Å²) in [4.78, 5) is 0.266. The summed E-state index contributed by atoms with van der Waals surface area (Å²) in [5, 5.41) is 0. The molecule has 1 fully saturated rings. The molecule has 0 N–H and O–H groups in total. The van der Waals surface area contributed by atoms with E-state index >= 15 is 0 Å². The third kappa shape index (κ3) is 4.14. The maximum absolute atomic E-state index is 5.63. The summed E-state index contributed by atoms with van der Waals surface area (Å²) < 4.78 is 17.4. The molecule has 0 saturated heterocycles. The zero-order valence-corrected chi connectivity index (χ0v) is 15.9. The summed E-state index contributed by atoms with van der Waals surface area (Å²) in [6.45, 7) is 2.87. The highest BCUT2D eigenvalue weighted by atomic mass is 79.9. The molecule has 1 aromatic carbocycles. The number of halogens is 2. The minimum Gasteiger partial charge on any atom is -0.496 e. The van der Waals surface area contributed by atoms with Gasteiger partial charge in [0.1, 0.15) is 11.5 Å². The normalized spacial score (nSPS) is 22.5. The Morgan fingerprint density at radius 2 is 1.86 bits per heavy atom. The van der Waals surface area contributed by atoms with Crippen LogP contribution in [0.3, 0.4) is 0 Å². The molecule has 0 spiro atoms. The zero-order valence-electron chi connectivity index (χ0n) is 12.7. The van der Waals surface area contributed by atoms with Crippen molar-refractivity contribution in [2.24, 2.45) is 5.92 Å². The fraction of sp³-hybridized carbons (Fsp3) is 0.625. The van der Waals surface area contributed by atoms with Gasteiger partial charge >= 0.3 is 0 Å². The molecule has 0 heterocycles. The molecule has 1 aliphatic rings. The molecule has 0 amide bonds. The first kappa shape index (κ1) is 17.1. The molecule has 1 aromatic rings. The SMILES string of the molecule is CCOC1CC(CC(Br)c2cc(OC)c(Br)cc2OC)C1. The molecular formula is C16H22Br2O3. The molecule has 21 heavy (non-hydrogen) atoms. The van der Waals surface area contributed by atoms with E-state index in [2.05, 4.69) is 38.8 Å². The molecule has 1 unspecified atom stereocenters. The van der Waals surface area contributed by atoms with Crippen molar-refractivity contribution in [3.05, 3.63) is 22.2 Å². The standard InChI is InChI=1S/C16H22Br2O3/c1-4-21-11-5-10(6-11)7-13(17)12-8-16(20-3)14(18)9-15(12)19-2/h8-11,13H,4-7H2,1-3H3. The van der Waals surface area contributed by atoms with Gasteiger partial charge in [-0.3, -0.25) is 0 Å². The molecular weight excluding hydrogens is 400 g/mol. The van der Waals surface area contributed by atoms with E-state index in [1.54, 1.807) is 14.2 Å². The Balaban J connectivity index is 2.03. The Hall–Kier alpha value is -0.260. The van der Waals surface area contributed by atoms with Crippen LogP contribution in [0.2, 0.25) is 0 Å². The van der Waals surface area contributed by atoms with Gasteiger partial charge in [-0.05, 0) is 60.2 Å². The fourth-order valence-electron chi connectivity index (χ4n) is 2.79. The molecule has 1 saturated carbocycles. The lowest BCUT2D eigenvalue weighted by atomic mass is 9.78. The van der Waals surface area contributed by atoms with Crippen LogP contribution in [0.25, 0.3) is 0 Å². The van der Waals surface area contributed by atoms with E-state index in [-0.39, 0.29) is 4.83 Å². The summed E-state index contributed by atoms with van der Waals surface area (Å²) >= 11 is 7.30. The molecule has 1 atom stereocenters. The monoisotopic (exact) mass is 420 g/mol. The number of rotatable bonds is 7. The lowest BCUT2D eigenvalue weighted by molar-refractivity contribution is -0.0264. The average Bonchev–Trinajstić information content (AvgIpc) is 2.44. The van der Waals surface area contributed by atoms with Crippen LogP contribution in [0.1, 0.15) is 36.6 Å². The van der Waals surface area contributed by atoms with Crippen molar-refractivity contribution < 1.29 is 14.2 Å². The number of methoxy groups -OCH3 is 2. The van der Waals surface area contributed by atoms with Gasteiger partial charge in [-0.2, -0.15) is 0 Å². The highest BCUT2D eigenvalue weighted by molar-refractivity contribution is 9.10. The van der Waals surface area contributed by atoms with Crippen molar-refractivity contribution in [1.82, 2.24) is 0 Å². The molecule has 0 radical (unpaired) electrons. The van der Waals surface area contributed by atoms with E-state index in [0.29, 0.717) is 12.0 Å². The zero-order chi connectivity index (χ0) is 15.4. The van der Waals surface area contributed by atoms with Gasteiger partial charge in [0.2, 0.25) is 0 Å². The van der Waals surface area contributed by atoms with Crippen LogP contribution < -0.4 is 9.47 Å². The number of ether oxygens (including phenoxy) is 3. The lowest BCUT2D eigenvalue weighted by Crippen LogP contribution is -2.31. The summed E-state index contributed by atoms with van der Waals surface area (Å²) in [6, 6.07) is 4.01. The third-order valence-corrected chi connectivity index (χ3v) is 5.46. The van der Waals surface area contributed by atoms with Gasteiger partial charge in [-0.1, -0.05) is 15.9 Å². The van der Waals surface area contributed by atoms with E-state index in [4.69, 9.17) is 14.2 Å². The number of hydrogen-bond acceptors (Lipinski definition) is 3. The van der Waals surface area contributed by atoms with Crippen molar-refractivity contribution in [3.8, 4) is 11.5 Å². The van der Waals surface area contributed by atoms with Crippen LogP contribution in [0.4, 0.5) is 0 Å². The van der Waals surface area contributed by atoms with E-state index in [9.17, 15) is 0 Å². The Bertz CT molecular complexity index is 473. The largest absolute Gasteiger partial charge is 0.496 e. The minimum absolute atomic E-state index is 0.266. The molecule has 3 nitrogen and oxygen atoms in total. The van der Waals surface area contributed by atoms with Crippen molar-refractivity contribution in [3.63, 3.8) is 0 Å². The van der Waals surface area contributed by atoms with Gasteiger partial charge in [0.25, 0.3) is 0 Å². The smallest absolute Gasteiger partial charge is 0.133 e. The van der Waals surface area contributed by atoms with Crippen molar-refractivity contribution in [1.29, 1.82) is 0 Å². The molecule has 2 rings (SSSR count). The molecule has 0 aliphatic heterocycles. The van der Waals surface area contributed by atoms with Gasteiger partial charge in [0.05, 0.1) is 24.8 Å². The van der Waals surface area contributed by atoms with E-state index in [1.165, 1.54) is 0 Å².